The number of rotatable bonds is 4. The van der Waals surface area contributed by atoms with Crippen LogP contribution in [-0.2, 0) is 4.74 Å². The molecule has 1 aliphatic rings. The fraction of sp³-hybridized carbons (Fsp3) is 0.571. The van der Waals surface area contributed by atoms with Gasteiger partial charge in [-0.15, -0.1) is 0 Å². The maximum atomic E-state index is 5.67. The molecule has 1 aromatic rings. The molecule has 1 aromatic carbocycles. The molecule has 0 spiro atoms. The molecule has 0 aliphatic carbocycles. The van der Waals surface area contributed by atoms with Crippen molar-refractivity contribution in [2.75, 3.05) is 18.5 Å². The summed E-state index contributed by atoms with van der Waals surface area (Å²) in [7, 11) is 0. The summed E-state index contributed by atoms with van der Waals surface area (Å²) in [6.07, 6.45) is 1.31. The van der Waals surface area contributed by atoms with E-state index in [0.717, 1.165) is 25.4 Å². The summed E-state index contributed by atoms with van der Waals surface area (Å²) in [5.74, 6) is 0.936. The Morgan fingerprint density at radius 2 is 2.24 bits per heavy atom. The minimum absolute atomic E-state index is 0.219. The predicted molar refractivity (Wildman–Crippen MR) is 69.8 cm³/mol. The maximum absolute atomic E-state index is 5.67. The van der Waals surface area contributed by atoms with Crippen molar-refractivity contribution in [1.82, 2.24) is 0 Å². The van der Waals surface area contributed by atoms with Crippen LogP contribution in [-0.4, -0.2) is 25.4 Å². The molecule has 1 unspecified atom stereocenters. The molecule has 2 rings (SSSR count). The number of hydrogen-bond donors (Lipinski definition) is 1. The van der Waals surface area contributed by atoms with E-state index < -0.39 is 0 Å². The summed E-state index contributed by atoms with van der Waals surface area (Å²) in [6, 6.07) is 6.64. The Morgan fingerprint density at radius 1 is 1.41 bits per heavy atom. The van der Waals surface area contributed by atoms with Crippen LogP contribution in [0.2, 0.25) is 0 Å². The van der Waals surface area contributed by atoms with E-state index in [9.17, 15) is 0 Å². The zero-order valence-corrected chi connectivity index (χ0v) is 10.8. The Hall–Kier alpha value is -1.22. The van der Waals surface area contributed by atoms with Crippen LogP contribution >= 0.6 is 0 Å². The van der Waals surface area contributed by atoms with E-state index in [-0.39, 0.29) is 6.10 Å². The maximum Gasteiger partial charge on any atom is 0.120 e. The average molecular weight is 235 g/mol. The fourth-order valence-electron chi connectivity index (χ4n) is 2.01. The van der Waals surface area contributed by atoms with Crippen molar-refractivity contribution in [1.29, 1.82) is 0 Å². The summed E-state index contributed by atoms with van der Waals surface area (Å²) < 4.78 is 11.0. The lowest BCUT2D eigenvalue weighted by molar-refractivity contribution is 0.195. The quantitative estimate of drug-likeness (QED) is 0.870. The third kappa shape index (κ3) is 3.37. The lowest BCUT2D eigenvalue weighted by atomic mass is 10.1. The summed E-state index contributed by atoms with van der Waals surface area (Å²) in [4.78, 5) is 0. The molecule has 0 amide bonds. The van der Waals surface area contributed by atoms with Gasteiger partial charge in [0.1, 0.15) is 5.75 Å². The number of ether oxygens (including phenoxy) is 2. The fourth-order valence-corrected chi connectivity index (χ4v) is 2.01. The summed E-state index contributed by atoms with van der Waals surface area (Å²) >= 11 is 0. The topological polar surface area (TPSA) is 30.5 Å². The predicted octanol–water partition coefficient (Wildman–Crippen LogP) is 2.98. The van der Waals surface area contributed by atoms with Crippen molar-refractivity contribution >= 4 is 5.69 Å². The van der Waals surface area contributed by atoms with Crippen LogP contribution in [0.4, 0.5) is 5.69 Å². The molecule has 1 heterocycles. The largest absolute Gasteiger partial charge is 0.491 e. The first kappa shape index (κ1) is 12.2. The summed E-state index contributed by atoms with van der Waals surface area (Å²) in [5, 5.41) is 3.51. The van der Waals surface area contributed by atoms with Gasteiger partial charge < -0.3 is 14.8 Å². The van der Waals surface area contributed by atoms with Gasteiger partial charge in [-0.3, -0.25) is 0 Å². The van der Waals surface area contributed by atoms with E-state index in [1.54, 1.807) is 0 Å². The molecule has 0 aromatic heterocycles. The van der Waals surface area contributed by atoms with Gasteiger partial charge in [-0.05, 0) is 51.0 Å². The number of aryl methyl sites for hydroxylation is 1. The van der Waals surface area contributed by atoms with Gasteiger partial charge in [0, 0.05) is 12.3 Å². The van der Waals surface area contributed by atoms with Crippen LogP contribution in [0.5, 0.6) is 5.75 Å². The normalized spacial score (nSPS) is 19.6. The monoisotopic (exact) mass is 235 g/mol. The van der Waals surface area contributed by atoms with Gasteiger partial charge >= 0.3 is 0 Å². The minimum Gasteiger partial charge on any atom is -0.491 e. The van der Waals surface area contributed by atoms with E-state index in [0.29, 0.717) is 6.04 Å². The summed E-state index contributed by atoms with van der Waals surface area (Å²) in [5.41, 5.74) is 2.40. The van der Waals surface area contributed by atoms with Gasteiger partial charge in [0.15, 0.2) is 0 Å². The molecule has 1 aliphatic heterocycles. The molecule has 17 heavy (non-hydrogen) atoms. The van der Waals surface area contributed by atoms with Crippen LogP contribution in [0, 0.1) is 6.92 Å². The van der Waals surface area contributed by atoms with Crippen LogP contribution in [0.3, 0.4) is 0 Å². The van der Waals surface area contributed by atoms with Gasteiger partial charge in [0.05, 0.1) is 18.8 Å². The molecule has 3 nitrogen and oxygen atoms in total. The lowest BCUT2D eigenvalue weighted by Gasteiger charge is -2.16. The van der Waals surface area contributed by atoms with Crippen LogP contribution in [0.1, 0.15) is 25.8 Å². The SMILES string of the molecule is Cc1cc(OC(C)C)ccc1NC1CCOC1. The van der Waals surface area contributed by atoms with Crippen molar-refractivity contribution in [2.45, 2.75) is 39.3 Å². The van der Waals surface area contributed by atoms with Gasteiger partial charge in [-0.1, -0.05) is 0 Å². The van der Waals surface area contributed by atoms with E-state index >= 15 is 0 Å². The van der Waals surface area contributed by atoms with Crippen LogP contribution in [0.25, 0.3) is 0 Å². The standard InChI is InChI=1S/C14H21NO2/c1-10(2)17-13-4-5-14(11(3)8-13)15-12-6-7-16-9-12/h4-5,8,10,12,15H,6-7,9H2,1-3H3. The van der Waals surface area contributed by atoms with Crippen molar-refractivity contribution in [3.63, 3.8) is 0 Å². The number of hydrogen-bond acceptors (Lipinski definition) is 3. The highest BCUT2D eigenvalue weighted by molar-refractivity contribution is 5.54. The van der Waals surface area contributed by atoms with Gasteiger partial charge in [0.25, 0.3) is 0 Å². The molecule has 0 radical (unpaired) electrons. The van der Waals surface area contributed by atoms with Crippen molar-refractivity contribution in [2.24, 2.45) is 0 Å². The molecule has 1 atom stereocenters. The second-order valence-corrected chi connectivity index (χ2v) is 4.85. The minimum atomic E-state index is 0.219. The van der Waals surface area contributed by atoms with Crippen LogP contribution in [0.15, 0.2) is 18.2 Å². The molecule has 3 heteroatoms. The molecule has 1 saturated heterocycles. The van der Waals surface area contributed by atoms with Crippen molar-refractivity contribution in [3.05, 3.63) is 23.8 Å². The van der Waals surface area contributed by atoms with E-state index in [1.165, 1.54) is 11.3 Å². The number of nitrogens with one attached hydrogen (secondary N) is 1. The molecular formula is C14H21NO2. The summed E-state index contributed by atoms with van der Waals surface area (Å²) in [6.45, 7) is 7.86. The number of anilines is 1. The molecule has 94 valence electrons. The van der Waals surface area contributed by atoms with Gasteiger partial charge in [0.2, 0.25) is 0 Å². The first-order chi connectivity index (χ1) is 8.15. The Bertz CT molecular complexity index is 370. The number of benzene rings is 1. The first-order valence-electron chi connectivity index (χ1n) is 6.27. The highest BCUT2D eigenvalue weighted by atomic mass is 16.5. The zero-order valence-electron chi connectivity index (χ0n) is 10.8. The molecule has 0 saturated carbocycles. The van der Waals surface area contributed by atoms with Crippen molar-refractivity contribution in [3.8, 4) is 5.75 Å². The lowest BCUT2D eigenvalue weighted by Crippen LogP contribution is -2.19. The molecule has 0 bridgehead atoms. The highest BCUT2D eigenvalue weighted by Crippen LogP contribution is 2.24. The van der Waals surface area contributed by atoms with Gasteiger partial charge in [-0.25, -0.2) is 0 Å². The average Bonchev–Trinajstić information content (AvgIpc) is 2.74. The van der Waals surface area contributed by atoms with Crippen LogP contribution < -0.4 is 10.1 Å². The molecule has 1 N–H and O–H groups in total. The smallest absolute Gasteiger partial charge is 0.120 e. The Morgan fingerprint density at radius 3 is 2.82 bits per heavy atom. The first-order valence-corrected chi connectivity index (χ1v) is 6.27. The second-order valence-electron chi connectivity index (χ2n) is 4.85. The van der Waals surface area contributed by atoms with E-state index in [4.69, 9.17) is 9.47 Å². The zero-order chi connectivity index (χ0) is 12.3. The molecular weight excluding hydrogens is 214 g/mol. The Kier molecular flexibility index (Phi) is 3.89. The Labute approximate surface area is 103 Å². The van der Waals surface area contributed by atoms with Gasteiger partial charge in [-0.2, -0.15) is 0 Å². The highest BCUT2D eigenvalue weighted by Gasteiger charge is 2.15. The van der Waals surface area contributed by atoms with E-state index in [2.05, 4.69) is 24.4 Å². The third-order valence-electron chi connectivity index (χ3n) is 2.86. The third-order valence-corrected chi connectivity index (χ3v) is 2.86. The van der Waals surface area contributed by atoms with Crippen molar-refractivity contribution < 1.29 is 9.47 Å². The second kappa shape index (κ2) is 5.41. The van der Waals surface area contributed by atoms with E-state index in [1.807, 2.05) is 19.9 Å². The molecule has 1 fully saturated rings. The Balaban J connectivity index is 2.03.